The average Bonchev–Trinajstić information content (AvgIpc) is 2.25. The second-order valence-electron chi connectivity index (χ2n) is 2.39. The first kappa shape index (κ1) is 13.0. The second kappa shape index (κ2) is 8.62. The molecular formula is C10H18N2O2. The van der Waals surface area contributed by atoms with Gasteiger partial charge >= 0.3 is 0 Å². The first-order valence-electron chi connectivity index (χ1n) is 4.61. The van der Waals surface area contributed by atoms with E-state index in [1.54, 1.807) is 19.5 Å². The molecule has 0 fully saturated rings. The minimum absolute atomic E-state index is 0.390. The summed E-state index contributed by atoms with van der Waals surface area (Å²) in [5, 5.41) is 0. The summed E-state index contributed by atoms with van der Waals surface area (Å²) in [6, 6.07) is 1.86. The smallest absolute Gasteiger partial charge is 0.0934 e. The molecule has 0 radical (unpaired) electrons. The highest BCUT2D eigenvalue weighted by Gasteiger charge is 2.00. The van der Waals surface area contributed by atoms with Crippen LogP contribution in [-0.2, 0) is 22.8 Å². The van der Waals surface area contributed by atoms with Crippen molar-refractivity contribution >= 4 is 0 Å². The van der Waals surface area contributed by atoms with Gasteiger partial charge in [0.25, 0.3) is 0 Å². The fourth-order valence-electron chi connectivity index (χ4n) is 0.972. The predicted octanol–water partition coefficient (Wildman–Crippen LogP) is 1.64. The van der Waals surface area contributed by atoms with Gasteiger partial charge in [-0.25, -0.2) is 5.90 Å². The fraction of sp³-hybridized carbons (Fsp3) is 0.500. The van der Waals surface area contributed by atoms with Gasteiger partial charge in [0.1, 0.15) is 0 Å². The van der Waals surface area contributed by atoms with Crippen molar-refractivity contribution < 1.29 is 9.57 Å². The minimum Gasteiger partial charge on any atom is -0.380 e. The van der Waals surface area contributed by atoms with E-state index in [2.05, 4.69) is 9.82 Å². The summed E-state index contributed by atoms with van der Waals surface area (Å²) in [5.74, 6) is 4.96. The standard InChI is InChI=1S/C8H12N2O2.C2H6/c1-11-5-8-4-10-3-2-7(8)6-12-9;1-2/h2-4H,5-6,9H2,1H3;1-2H3. The Morgan fingerprint density at radius 1 is 1.29 bits per heavy atom. The number of nitrogens with zero attached hydrogens (tertiary/aromatic N) is 1. The van der Waals surface area contributed by atoms with E-state index in [-0.39, 0.29) is 0 Å². The van der Waals surface area contributed by atoms with E-state index >= 15 is 0 Å². The molecule has 80 valence electrons. The number of nitrogens with two attached hydrogens (primary N) is 1. The molecule has 0 atom stereocenters. The SMILES string of the molecule is CC.COCc1cnccc1CON. The van der Waals surface area contributed by atoms with Crippen LogP contribution in [0, 0.1) is 0 Å². The number of ether oxygens (including phenoxy) is 1. The summed E-state index contributed by atoms with van der Waals surface area (Å²) < 4.78 is 4.98. The van der Waals surface area contributed by atoms with Crippen LogP contribution in [-0.4, -0.2) is 12.1 Å². The molecule has 4 nitrogen and oxygen atoms in total. The molecular weight excluding hydrogens is 180 g/mol. The van der Waals surface area contributed by atoms with Crippen LogP contribution in [0.1, 0.15) is 25.0 Å². The molecule has 0 saturated heterocycles. The summed E-state index contributed by atoms with van der Waals surface area (Å²) in [6.07, 6.45) is 3.45. The van der Waals surface area contributed by atoms with Gasteiger partial charge in [0.15, 0.2) is 0 Å². The topological polar surface area (TPSA) is 57.4 Å². The van der Waals surface area contributed by atoms with Gasteiger partial charge in [-0.3, -0.25) is 9.82 Å². The van der Waals surface area contributed by atoms with Gasteiger partial charge in [-0.05, 0) is 11.6 Å². The van der Waals surface area contributed by atoms with Crippen molar-refractivity contribution in [3.63, 3.8) is 0 Å². The summed E-state index contributed by atoms with van der Waals surface area (Å²) >= 11 is 0. The van der Waals surface area contributed by atoms with Crippen molar-refractivity contribution in [3.05, 3.63) is 29.6 Å². The number of aromatic nitrogens is 1. The first-order valence-corrected chi connectivity index (χ1v) is 4.61. The molecule has 1 heterocycles. The van der Waals surface area contributed by atoms with Crippen molar-refractivity contribution in [3.8, 4) is 0 Å². The van der Waals surface area contributed by atoms with Gasteiger partial charge in [0.05, 0.1) is 13.2 Å². The quantitative estimate of drug-likeness (QED) is 0.747. The van der Waals surface area contributed by atoms with Crippen molar-refractivity contribution in [1.29, 1.82) is 0 Å². The molecule has 0 unspecified atom stereocenters. The molecule has 0 bridgehead atoms. The van der Waals surface area contributed by atoms with Crippen LogP contribution in [0.25, 0.3) is 0 Å². The molecule has 1 rings (SSSR count). The normalized spacial score (nSPS) is 9.14. The number of pyridine rings is 1. The van der Waals surface area contributed by atoms with Crippen LogP contribution in [0.5, 0.6) is 0 Å². The van der Waals surface area contributed by atoms with E-state index in [4.69, 9.17) is 10.6 Å². The van der Waals surface area contributed by atoms with Crippen LogP contribution in [0.3, 0.4) is 0 Å². The Balaban J connectivity index is 0.000000791. The van der Waals surface area contributed by atoms with Crippen LogP contribution in [0.15, 0.2) is 18.5 Å². The number of hydrogen-bond donors (Lipinski definition) is 1. The number of hydrogen-bond acceptors (Lipinski definition) is 4. The monoisotopic (exact) mass is 198 g/mol. The summed E-state index contributed by atoms with van der Waals surface area (Å²) in [6.45, 7) is 4.92. The highest BCUT2D eigenvalue weighted by Crippen LogP contribution is 2.08. The van der Waals surface area contributed by atoms with Crippen LogP contribution in [0.2, 0.25) is 0 Å². The molecule has 1 aromatic heterocycles. The van der Waals surface area contributed by atoms with Gasteiger partial charge in [0, 0.05) is 25.1 Å². The molecule has 0 aromatic carbocycles. The number of methoxy groups -OCH3 is 1. The maximum atomic E-state index is 4.98. The fourth-order valence-corrected chi connectivity index (χ4v) is 0.972. The Morgan fingerprint density at radius 3 is 2.57 bits per heavy atom. The lowest BCUT2D eigenvalue weighted by molar-refractivity contribution is 0.120. The Bertz CT molecular complexity index is 216. The van der Waals surface area contributed by atoms with E-state index in [0.29, 0.717) is 13.2 Å². The Hall–Kier alpha value is -0.970. The third-order valence-corrected chi connectivity index (χ3v) is 1.54. The highest BCUT2D eigenvalue weighted by molar-refractivity contribution is 5.21. The Kier molecular flexibility index (Phi) is 8.02. The van der Waals surface area contributed by atoms with Crippen LogP contribution >= 0.6 is 0 Å². The molecule has 0 saturated carbocycles. The zero-order valence-corrected chi connectivity index (χ0v) is 8.99. The Morgan fingerprint density at radius 2 is 2.00 bits per heavy atom. The lowest BCUT2D eigenvalue weighted by atomic mass is 10.1. The van der Waals surface area contributed by atoms with Crippen molar-refractivity contribution in [2.75, 3.05) is 7.11 Å². The molecule has 0 spiro atoms. The first-order chi connectivity index (χ1) is 6.88. The molecule has 4 heteroatoms. The number of rotatable bonds is 4. The maximum absolute atomic E-state index is 4.98. The maximum Gasteiger partial charge on any atom is 0.0934 e. The summed E-state index contributed by atoms with van der Waals surface area (Å²) in [5.41, 5.74) is 2.01. The van der Waals surface area contributed by atoms with Crippen molar-refractivity contribution in [2.24, 2.45) is 5.90 Å². The van der Waals surface area contributed by atoms with Gasteiger partial charge < -0.3 is 4.74 Å². The van der Waals surface area contributed by atoms with Gasteiger partial charge in [0.2, 0.25) is 0 Å². The van der Waals surface area contributed by atoms with Crippen molar-refractivity contribution in [1.82, 2.24) is 4.98 Å². The van der Waals surface area contributed by atoms with E-state index in [1.165, 1.54) is 0 Å². The van der Waals surface area contributed by atoms with Crippen molar-refractivity contribution in [2.45, 2.75) is 27.1 Å². The molecule has 0 aliphatic carbocycles. The zero-order valence-electron chi connectivity index (χ0n) is 8.99. The molecule has 2 N–H and O–H groups in total. The molecule has 0 aliphatic rings. The molecule has 14 heavy (non-hydrogen) atoms. The summed E-state index contributed by atoms with van der Waals surface area (Å²) in [4.78, 5) is 8.50. The van der Waals surface area contributed by atoms with Gasteiger partial charge in [-0.2, -0.15) is 0 Å². The van der Waals surface area contributed by atoms with Gasteiger partial charge in [-0.1, -0.05) is 13.8 Å². The minimum atomic E-state index is 0.390. The third kappa shape index (κ3) is 4.32. The molecule has 0 aliphatic heterocycles. The third-order valence-electron chi connectivity index (χ3n) is 1.54. The lowest BCUT2D eigenvalue weighted by Gasteiger charge is -2.05. The average molecular weight is 198 g/mol. The Labute approximate surface area is 85.0 Å². The van der Waals surface area contributed by atoms with Crippen LogP contribution < -0.4 is 5.90 Å². The second-order valence-corrected chi connectivity index (χ2v) is 2.39. The highest BCUT2D eigenvalue weighted by atomic mass is 16.6. The molecule has 0 amide bonds. The molecule has 1 aromatic rings. The van der Waals surface area contributed by atoms with Crippen LogP contribution in [0.4, 0.5) is 0 Å². The van der Waals surface area contributed by atoms with E-state index in [0.717, 1.165) is 11.1 Å². The van der Waals surface area contributed by atoms with E-state index in [1.807, 2.05) is 19.9 Å². The predicted molar refractivity (Wildman–Crippen MR) is 55.3 cm³/mol. The largest absolute Gasteiger partial charge is 0.380 e. The van der Waals surface area contributed by atoms with Gasteiger partial charge in [-0.15, -0.1) is 0 Å². The van der Waals surface area contributed by atoms with E-state index in [9.17, 15) is 0 Å². The lowest BCUT2D eigenvalue weighted by Crippen LogP contribution is -2.03. The van der Waals surface area contributed by atoms with E-state index < -0.39 is 0 Å². The zero-order chi connectivity index (χ0) is 10.8. The summed E-state index contributed by atoms with van der Waals surface area (Å²) in [7, 11) is 1.64.